The summed E-state index contributed by atoms with van der Waals surface area (Å²) in [6, 6.07) is 1.95. The number of aryl methyl sites for hydroxylation is 1. The summed E-state index contributed by atoms with van der Waals surface area (Å²) in [5, 5.41) is 24.4. The molecule has 0 saturated heterocycles. The maximum Gasteiger partial charge on any atom is 0.114 e. The summed E-state index contributed by atoms with van der Waals surface area (Å²) < 4.78 is 0. The van der Waals surface area contributed by atoms with Gasteiger partial charge in [-0.05, 0) is 43.9 Å². The first kappa shape index (κ1) is 11.7. The van der Waals surface area contributed by atoms with Crippen LogP contribution in [0.2, 0.25) is 0 Å². The van der Waals surface area contributed by atoms with E-state index in [1.54, 1.807) is 0 Å². The van der Waals surface area contributed by atoms with Gasteiger partial charge in [0.2, 0.25) is 0 Å². The molecule has 1 aromatic rings. The molecule has 1 aromatic heterocycles. The lowest BCUT2D eigenvalue weighted by Crippen LogP contribution is -2.23. The van der Waals surface area contributed by atoms with Crippen LogP contribution in [0.1, 0.15) is 23.0 Å². The number of rotatable bonds is 5. The van der Waals surface area contributed by atoms with E-state index < -0.39 is 12.2 Å². The molecule has 1 rings (SSSR count). The summed E-state index contributed by atoms with van der Waals surface area (Å²) in [6.07, 6.45) is -0.863. The first-order chi connectivity index (χ1) is 6.66. The van der Waals surface area contributed by atoms with Crippen LogP contribution in [0.25, 0.3) is 0 Å². The number of aliphatic hydroxyl groups is 2. The highest BCUT2D eigenvalue weighted by Gasteiger charge is 2.20. The van der Waals surface area contributed by atoms with Gasteiger partial charge in [0.15, 0.2) is 0 Å². The molecule has 1 heterocycles. The summed E-state index contributed by atoms with van der Waals surface area (Å²) >= 11 is 1.49. The lowest BCUT2D eigenvalue weighted by molar-refractivity contribution is 0.0158. The van der Waals surface area contributed by atoms with Gasteiger partial charge in [0.05, 0.1) is 6.10 Å². The average molecular weight is 215 g/mol. The molecule has 0 aliphatic rings. The Hall–Kier alpha value is -0.420. The zero-order chi connectivity index (χ0) is 10.6. The fraction of sp³-hybridized carbons (Fsp3) is 0.600. The molecule has 0 fully saturated rings. The van der Waals surface area contributed by atoms with Crippen LogP contribution in [0, 0.1) is 6.92 Å². The van der Waals surface area contributed by atoms with Gasteiger partial charge >= 0.3 is 0 Å². The first-order valence-electron chi connectivity index (χ1n) is 4.71. The van der Waals surface area contributed by atoms with E-state index in [1.165, 1.54) is 11.3 Å². The van der Waals surface area contributed by atoms with Crippen molar-refractivity contribution in [3.63, 3.8) is 0 Å². The molecule has 0 spiro atoms. The van der Waals surface area contributed by atoms with Crippen molar-refractivity contribution in [3.05, 3.63) is 21.9 Å². The molecule has 3 nitrogen and oxygen atoms in total. The van der Waals surface area contributed by atoms with E-state index in [2.05, 4.69) is 5.32 Å². The highest BCUT2D eigenvalue weighted by atomic mass is 32.1. The fourth-order valence-corrected chi connectivity index (χ4v) is 2.28. The van der Waals surface area contributed by atoms with Gasteiger partial charge < -0.3 is 15.5 Å². The second-order valence-corrected chi connectivity index (χ2v) is 4.32. The Balaban J connectivity index is 2.56. The Morgan fingerprint density at radius 3 is 2.71 bits per heavy atom. The lowest BCUT2D eigenvalue weighted by Gasteiger charge is -2.17. The van der Waals surface area contributed by atoms with Crippen LogP contribution in [0.3, 0.4) is 0 Å². The van der Waals surface area contributed by atoms with Gasteiger partial charge in [-0.3, -0.25) is 0 Å². The number of nitrogens with one attached hydrogen (secondary N) is 1. The summed E-state index contributed by atoms with van der Waals surface area (Å²) in [4.78, 5) is 0.869. The van der Waals surface area contributed by atoms with Crippen molar-refractivity contribution in [1.82, 2.24) is 5.32 Å². The standard InChI is InChI=1S/C10H17NO2S/c1-7-4-6-14-10(7)9(13)8(12)3-5-11-2/h4,6,8-9,11-13H,3,5H2,1-2H3. The molecule has 0 saturated carbocycles. The Labute approximate surface area is 88.4 Å². The van der Waals surface area contributed by atoms with Crippen molar-refractivity contribution in [2.45, 2.75) is 25.6 Å². The zero-order valence-corrected chi connectivity index (χ0v) is 9.34. The number of hydrogen-bond acceptors (Lipinski definition) is 4. The molecule has 0 bridgehead atoms. The van der Waals surface area contributed by atoms with E-state index in [-0.39, 0.29) is 0 Å². The summed E-state index contributed by atoms with van der Waals surface area (Å²) in [5.41, 5.74) is 1.05. The van der Waals surface area contributed by atoms with Crippen LogP contribution < -0.4 is 5.32 Å². The van der Waals surface area contributed by atoms with Crippen molar-refractivity contribution >= 4 is 11.3 Å². The monoisotopic (exact) mass is 215 g/mol. The molecule has 3 N–H and O–H groups in total. The molecule has 0 amide bonds. The fourth-order valence-electron chi connectivity index (χ4n) is 1.31. The molecule has 2 unspecified atom stereocenters. The molecule has 80 valence electrons. The van der Waals surface area contributed by atoms with Gasteiger partial charge in [-0.2, -0.15) is 0 Å². The third-order valence-electron chi connectivity index (χ3n) is 2.22. The van der Waals surface area contributed by atoms with Crippen LogP contribution in [0.15, 0.2) is 11.4 Å². The van der Waals surface area contributed by atoms with Gasteiger partial charge in [-0.15, -0.1) is 11.3 Å². The maximum atomic E-state index is 9.82. The molecule has 14 heavy (non-hydrogen) atoms. The first-order valence-corrected chi connectivity index (χ1v) is 5.59. The van der Waals surface area contributed by atoms with Crippen LogP contribution in [-0.2, 0) is 0 Å². The Bertz CT molecular complexity index is 275. The predicted octanol–water partition coefficient (Wildman–Crippen LogP) is 1.06. The normalized spacial score (nSPS) is 15.4. The Kier molecular flexibility index (Phi) is 4.54. The van der Waals surface area contributed by atoms with E-state index in [0.29, 0.717) is 13.0 Å². The van der Waals surface area contributed by atoms with Crippen molar-refractivity contribution in [2.24, 2.45) is 0 Å². The highest BCUT2D eigenvalue weighted by Crippen LogP contribution is 2.27. The van der Waals surface area contributed by atoms with Crippen LogP contribution in [0.4, 0.5) is 0 Å². The number of aliphatic hydroxyl groups excluding tert-OH is 2. The molecule has 0 aromatic carbocycles. The Morgan fingerprint density at radius 2 is 2.21 bits per heavy atom. The molecule has 0 aliphatic heterocycles. The summed E-state index contributed by atoms with van der Waals surface area (Å²) in [7, 11) is 1.83. The van der Waals surface area contributed by atoms with Crippen molar-refractivity contribution < 1.29 is 10.2 Å². The van der Waals surface area contributed by atoms with Crippen LogP contribution in [-0.4, -0.2) is 29.9 Å². The average Bonchev–Trinajstić information content (AvgIpc) is 2.59. The third-order valence-corrected chi connectivity index (χ3v) is 3.31. The Morgan fingerprint density at radius 1 is 1.50 bits per heavy atom. The van der Waals surface area contributed by atoms with Gasteiger partial charge in [0.1, 0.15) is 6.10 Å². The topological polar surface area (TPSA) is 52.5 Å². The van der Waals surface area contributed by atoms with E-state index >= 15 is 0 Å². The number of thiophene rings is 1. The van der Waals surface area contributed by atoms with Crippen molar-refractivity contribution in [2.75, 3.05) is 13.6 Å². The largest absolute Gasteiger partial charge is 0.390 e. The molecule has 0 aliphatic carbocycles. The summed E-state index contributed by atoms with van der Waals surface area (Å²) in [6.45, 7) is 2.66. The SMILES string of the molecule is CNCCC(O)C(O)c1sccc1C. The lowest BCUT2D eigenvalue weighted by atomic mass is 10.1. The molecule has 4 heteroatoms. The van der Waals surface area contributed by atoms with Gasteiger partial charge in [0, 0.05) is 4.88 Å². The van der Waals surface area contributed by atoms with E-state index in [4.69, 9.17) is 0 Å². The van der Waals surface area contributed by atoms with E-state index in [1.807, 2.05) is 25.4 Å². The second kappa shape index (κ2) is 5.46. The molecule has 2 atom stereocenters. The minimum absolute atomic E-state index is 0.564. The summed E-state index contributed by atoms with van der Waals surface area (Å²) in [5.74, 6) is 0. The molecular weight excluding hydrogens is 198 g/mol. The van der Waals surface area contributed by atoms with Gasteiger partial charge in [-0.1, -0.05) is 0 Å². The van der Waals surface area contributed by atoms with Crippen LogP contribution in [0.5, 0.6) is 0 Å². The van der Waals surface area contributed by atoms with E-state index in [0.717, 1.165) is 10.4 Å². The van der Waals surface area contributed by atoms with Crippen molar-refractivity contribution in [3.8, 4) is 0 Å². The number of hydrogen-bond donors (Lipinski definition) is 3. The highest BCUT2D eigenvalue weighted by molar-refractivity contribution is 7.10. The van der Waals surface area contributed by atoms with E-state index in [9.17, 15) is 10.2 Å². The zero-order valence-electron chi connectivity index (χ0n) is 8.53. The molecular formula is C10H17NO2S. The van der Waals surface area contributed by atoms with Crippen LogP contribution >= 0.6 is 11.3 Å². The minimum atomic E-state index is -0.747. The molecule has 0 radical (unpaired) electrons. The minimum Gasteiger partial charge on any atom is -0.390 e. The van der Waals surface area contributed by atoms with Gasteiger partial charge in [0.25, 0.3) is 0 Å². The second-order valence-electron chi connectivity index (χ2n) is 3.37. The smallest absolute Gasteiger partial charge is 0.114 e. The predicted molar refractivity (Wildman–Crippen MR) is 58.6 cm³/mol. The third kappa shape index (κ3) is 2.78. The van der Waals surface area contributed by atoms with Gasteiger partial charge in [-0.25, -0.2) is 0 Å². The quantitative estimate of drug-likeness (QED) is 0.688. The maximum absolute atomic E-state index is 9.82. The van der Waals surface area contributed by atoms with Crippen molar-refractivity contribution in [1.29, 1.82) is 0 Å².